The fourth-order valence-corrected chi connectivity index (χ4v) is 2.49. The third-order valence-corrected chi connectivity index (χ3v) is 3.74. The van der Waals surface area contributed by atoms with Gasteiger partial charge in [0.25, 0.3) is 0 Å². The lowest BCUT2D eigenvalue weighted by Crippen LogP contribution is -2.14. The molecule has 2 aromatic rings. The van der Waals surface area contributed by atoms with Crippen LogP contribution in [0.25, 0.3) is 0 Å². The largest absolute Gasteiger partial charge is 0.487 e. The Hall–Kier alpha value is -2.89. The molecule has 0 fully saturated rings. The molecule has 1 atom stereocenters. The van der Waals surface area contributed by atoms with Gasteiger partial charge in [0.2, 0.25) is 0 Å². The molecule has 0 spiro atoms. The summed E-state index contributed by atoms with van der Waals surface area (Å²) in [5.41, 5.74) is 2.14. The van der Waals surface area contributed by atoms with E-state index in [9.17, 15) is 20.0 Å². The summed E-state index contributed by atoms with van der Waals surface area (Å²) >= 11 is 0. The van der Waals surface area contributed by atoms with E-state index in [-0.39, 0.29) is 17.9 Å². The SMILES string of the molecule is CCOc1ccc(CC(C(=O)O)c2ccc(C)cc2)cc1[N+](=O)[O-]. The van der Waals surface area contributed by atoms with Crippen molar-refractivity contribution < 1.29 is 19.6 Å². The van der Waals surface area contributed by atoms with Crippen LogP contribution in [0.3, 0.4) is 0 Å². The fourth-order valence-electron chi connectivity index (χ4n) is 2.49. The van der Waals surface area contributed by atoms with Crippen LogP contribution in [0, 0.1) is 17.0 Å². The molecule has 0 saturated carbocycles. The predicted octanol–water partition coefficient (Wildman–Crippen LogP) is 3.71. The minimum atomic E-state index is -0.963. The van der Waals surface area contributed by atoms with Crippen molar-refractivity contribution in [3.8, 4) is 5.75 Å². The molecule has 0 aromatic heterocycles. The number of carboxylic acids is 1. The molecule has 0 saturated heterocycles. The van der Waals surface area contributed by atoms with E-state index < -0.39 is 16.8 Å². The predicted molar refractivity (Wildman–Crippen MR) is 89.5 cm³/mol. The van der Waals surface area contributed by atoms with E-state index in [2.05, 4.69) is 0 Å². The minimum absolute atomic E-state index is 0.151. The highest BCUT2D eigenvalue weighted by atomic mass is 16.6. The van der Waals surface area contributed by atoms with Crippen molar-refractivity contribution in [3.63, 3.8) is 0 Å². The zero-order chi connectivity index (χ0) is 17.7. The van der Waals surface area contributed by atoms with Crippen molar-refractivity contribution in [2.24, 2.45) is 0 Å². The van der Waals surface area contributed by atoms with Crippen molar-refractivity contribution in [1.29, 1.82) is 0 Å². The van der Waals surface area contributed by atoms with Gasteiger partial charge in [-0.25, -0.2) is 0 Å². The van der Waals surface area contributed by atoms with Gasteiger partial charge in [0.15, 0.2) is 5.75 Å². The molecule has 0 amide bonds. The zero-order valence-corrected chi connectivity index (χ0v) is 13.6. The Morgan fingerprint density at radius 3 is 2.46 bits per heavy atom. The molecule has 1 unspecified atom stereocenters. The van der Waals surface area contributed by atoms with Crippen LogP contribution in [0.15, 0.2) is 42.5 Å². The molecule has 0 aliphatic heterocycles. The Bertz CT molecular complexity index is 740. The van der Waals surface area contributed by atoms with Crippen molar-refractivity contribution in [3.05, 3.63) is 69.3 Å². The summed E-state index contributed by atoms with van der Waals surface area (Å²) < 4.78 is 5.25. The van der Waals surface area contributed by atoms with E-state index in [0.717, 1.165) is 5.56 Å². The van der Waals surface area contributed by atoms with Crippen molar-refractivity contribution in [2.45, 2.75) is 26.2 Å². The minimum Gasteiger partial charge on any atom is -0.487 e. The van der Waals surface area contributed by atoms with Gasteiger partial charge in [-0.15, -0.1) is 0 Å². The molecule has 126 valence electrons. The van der Waals surface area contributed by atoms with Crippen LogP contribution in [0.2, 0.25) is 0 Å². The number of carboxylic acid groups (broad SMARTS) is 1. The molecule has 6 nitrogen and oxygen atoms in total. The van der Waals surface area contributed by atoms with Crippen molar-refractivity contribution in [1.82, 2.24) is 0 Å². The van der Waals surface area contributed by atoms with Gasteiger partial charge in [-0.3, -0.25) is 14.9 Å². The van der Waals surface area contributed by atoms with Gasteiger partial charge in [-0.2, -0.15) is 0 Å². The van der Waals surface area contributed by atoms with Gasteiger partial charge in [-0.1, -0.05) is 35.9 Å². The topological polar surface area (TPSA) is 89.7 Å². The number of aryl methyl sites for hydroxylation is 1. The summed E-state index contributed by atoms with van der Waals surface area (Å²) in [5, 5.41) is 20.7. The zero-order valence-electron chi connectivity index (χ0n) is 13.6. The Morgan fingerprint density at radius 2 is 1.92 bits per heavy atom. The molecule has 2 aromatic carbocycles. The number of carbonyl (C=O) groups is 1. The number of hydrogen-bond acceptors (Lipinski definition) is 4. The lowest BCUT2D eigenvalue weighted by molar-refractivity contribution is -0.385. The second kappa shape index (κ2) is 7.59. The standard InChI is InChI=1S/C18H19NO5/c1-3-24-17-9-6-13(11-16(17)19(22)23)10-15(18(20)21)14-7-4-12(2)5-8-14/h4-9,11,15H,3,10H2,1-2H3,(H,20,21). The maximum absolute atomic E-state index is 11.6. The van der Waals surface area contributed by atoms with Gasteiger partial charge in [0, 0.05) is 6.07 Å². The second-order valence-corrected chi connectivity index (χ2v) is 5.50. The number of ether oxygens (including phenoxy) is 1. The molecule has 0 aliphatic rings. The molecule has 0 heterocycles. The lowest BCUT2D eigenvalue weighted by Gasteiger charge is -2.14. The molecular formula is C18H19NO5. The van der Waals surface area contributed by atoms with E-state index in [1.807, 2.05) is 19.1 Å². The Morgan fingerprint density at radius 1 is 1.25 bits per heavy atom. The number of benzene rings is 2. The number of hydrogen-bond donors (Lipinski definition) is 1. The van der Waals surface area contributed by atoms with Crippen LogP contribution >= 0.6 is 0 Å². The van der Waals surface area contributed by atoms with Gasteiger partial charge in [0.05, 0.1) is 17.4 Å². The number of nitro benzene ring substituents is 1. The molecule has 6 heteroatoms. The third-order valence-electron chi connectivity index (χ3n) is 3.74. The number of nitro groups is 1. The highest BCUT2D eigenvalue weighted by molar-refractivity contribution is 5.76. The van der Waals surface area contributed by atoms with Gasteiger partial charge in [-0.05, 0) is 37.5 Å². The molecule has 0 radical (unpaired) electrons. The summed E-state index contributed by atoms with van der Waals surface area (Å²) in [6.07, 6.45) is 0.172. The highest BCUT2D eigenvalue weighted by Gasteiger charge is 2.23. The first-order valence-electron chi connectivity index (χ1n) is 7.61. The fraction of sp³-hybridized carbons (Fsp3) is 0.278. The Kier molecular flexibility index (Phi) is 5.52. The molecule has 2 rings (SSSR count). The van der Waals surface area contributed by atoms with E-state index in [0.29, 0.717) is 17.7 Å². The summed E-state index contributed by atoms with van der Waals surface area (Å²) in [6.45, 7) is 3.99. The van der Waals surface area contributed by atoms with Gasteiger partial charge < -0.3 is 9.84 Å². The van der Waals surface area contributed by atoms with E-state index >= 15 is 0 Å². The van der Waals surface area contributed by atoms with Crippen LogP contribution < -0.4 is 4.74 Å². The molecular weight excluding hydrogens is 310 g/mol. The quantitative estimate of drug-likeness (QED) is 0.618. The van der Waals surface area contributed by atoms with Crippen LogP contribution in [-0.2, 0) is 11.2 Å². The van der Waals surface area contributed by atoms with Crippen LogP contribution in [0.1, 0.15) is 29.5 Å². The van der Waals surface area contributed by atoms with Crippen molar-refractivity contribution >= 4 is 11.7 Å². The molecule has 0 bridgehead atoms. The van der Waals surface area contributed by atoms with Crippen molar-refractivity contribution in [2.75, 3.05) is 6.61 Å². The maximum Gasteiger partial charge on any atom is 0.311 e. The Labute approximate surface area is 139 Å². The lowest BCUT2D eigenvalue weighted by atomic mass is 9.91. The molecule has 0 aliphatic carbocycles. The number of nitrogens with zero attached hydrogens (tertiary/aromatic N) is 1. The summed E-state index contributed by atoms with van der Waals surface area (Å²) in [6, 6.07) is 11.8. The summed E-state index contributed by atoms with van der Waals surface area (Å²) in [5.74, 6) is -1.54. The van der Waals surface area contributed by atoms with Crippen LogP contribution in [0.4, 0.5) is 5.69 Å². The first kappa shape index (κ1) is 17.5. The molecule has 1 N–H and O–H groups in total. The summed E-state index contributed by atoms with van der Waals surface area (Å²) in [7, 11) is 0. The average molecular weight is 329 g/mol. The summed E-state index contributed by atoms with van der Waals surface area (Å²) in [4.78, 5) is 22.3. The normalized spacial score (nSPS) is 11.8. The van der Waals surface area contributed by atoms with Gasteiger partial charge in [0.1, 0.15) is 0 Å². The Balaban J connectivity index is 2.32. The van der Waals surface area contributed by atoms with Gasteiger partial charge >= 0.3 is 11.7 Å². The van der Waals surface area contributed by atoms with E-state index in [1.165, 1.54) is 12.1 Å². The molecule has 24 heavy (non-hydrogen) atoms. The van der Waals surface area contributed by atoms with E-state index in [4.69, 9.17) is 4.74 Å². The average Bonchev–Trinajstić information content (AvgIpc) is 2.54. The second-order valence-electron chi connectivity index (χ2n) is 5.50. The van der Waals surface area contributed by atoms with E-state index in [1.54, 1.807) is 25.1 Å². The van der Waals surface area contributed by atoms with Crippen LogP contribution in [-0.4, -0.2) is 22.6 Å². The smallest absolute Gasteiger partial charge is 0.311 e. The number of aliphatic carboxylic acids is 1. The van der Waals surface area contributed by atoms with Crippen LogP contribution in [0.5, 0.6) is 5.75 Å². The number of rotatable bonds is 7. The maximum atomic E-state index is 11.6. The first-order chi connectivity index (χ1) is 11.4. The third kappa shape index (κ3) is 4.10. The monoisotopic (exact) mass is 329 g/mol. The highest BCUT2D eigenvalue weighted by Crippen LogP contribution is 2.30. The first-order valence-corrected chi connectivity index (χ1v) is 7.61.